The van der Waals surface area contributed by atoms with Crippen LogP contribution in [0.25, 0.3) is 0 Å². The Hall–Kier alpha value is -0.300. The molecule has 1 nitrogen and oxygen atoms in total. The molecular formula is C9H17N. The predicted octanol–water partition coefficient (Wildman–Crippen LogP) is 1.76. The second-order valence-corrected chi connectivity index (χ2v) is 3.56. The van der Waals surface area contributed by atoms with Crippen molar-refractivity contribution in [3.8, 4) is 0 Å². The van der Waals surface area contributed by atoms with Crippen molar-refractivity contribution in [2.75, 3.05) is 20.1 Å². The second-order valence-electron chi connectivity index (χ2n) is 3.56. The standard InChI is InChI=1S/C9H17N/c1-8-4-5-9(2)7-10(3)6-8/h4-5,8-9H,6-7H2,1-3H3. The molecule has 0 radical (unpaired) electrons. The topological polar surface area (TPSA) is 3.24 Å². The summed E-state index contributed by atoms with van der Waals surface area (Å²) in [7, 11) is 2.19. The van der Waals surface area contributed by atoms with E-state index in [1.165, 1.54) is 13.1 Å². The molecule has 1 heteroatoms. The molecule has 0 saturated heterocycles. The Morgan fingerprint density at radius 3 is 1.90 bits per heavy atom. The lowest BCUT2D eigenvalue weighted by Crippen LogP contribution is -2.25. The van der Waals surface area contributed by atoms with Crippen molar-refractivity contribution in [1.82, 2.24) is 4.90 Å². The highest BCUT2D eigenvalue weighted by Crippen LogP contribution is 2.10. The summed E-state index contributed by atoms with van der Waals surface area (Å²) in [5, 5.41) is 0. The smallest absolute Gasteiger partial charge is 0.00389 e. The Kier molecular flexibility index (Phi) is 2.50. The maximum Gasteiger partial charge on any atom is 0.00389 e. The average Bonchev–Trinajstić information content (AvgIpc) is 1.93. The van der Waals surface area contributed by atoms with Crippen molar-refractivity contribution < 1.29 is 0 Å². The van der Waals surface area contributed by atoms with Gasteiger partial charge in [0.05, 0.1) is 0 Å². The molecule has 1 heterocycles. The molecule has 1 aliphatic rings. The summed E-state index contributed by atoms with van der Waals surface area (Å²) < 4.78 is 0. The molecule has 58 valence electrons. The van der Waals surface area contributed by atoms with Crippen LogP contribution in [0.15, 0.2) is 12.2 Å². The molecule has 2 unspecified atom stereocenters. The monoisotopic (exact) mass is 139 g/mol. The summed E-state index contributed by atoms with van der Waals surface area (Å²) in [6.07, 6.45) is 4.66. The Bertz CT molecular complexity index is 115. The van der Waals surface area contributed by atoms with Crippen LogP contribution in [-0.2, 0) is 0 Å². The third kappa shape index (κ3) is 2.14. The summed E-state index contributed by atoms with van der Waals surface area (Å²) in [6.45, 7) is 6.96. The van der Waals surface area contributed by atoms with Crippen molar-refractivity contribution >= 4 is 0 Å². The van der Waals surface area contributed by atoms with Crippen LogP contribution in [-0.4, -0.2) is 25.0 Å². The molecule has 1 rings (SSSR count). The van der Waals surface area contributed by atoms with Crippen LogP contribution in [0.1, 0.15) is 13.8 Å². The fourth-order valence-corrected chi connectivity index (χ4v) is 1.56. The maximum absolute atomic E-state index is 2.40. The van der Waals surface area contributed by atoms with Gasteiger partial charge in [0, 0.05) is 13.1 Å². The Morgan fingerprint density at radius 2 is 1.50 bits per heavy atom. The van der Waals surface area contributed by atoms with Gasteiger partial charge < -0.3 is 4.90 Å². The van der Waals surface area contributed by atoms with E-state index in [9.17, 15) is 0 Å². The molecule has 0 aromatic heterocycles. The first-order valence-electron chi connectivity index (χ1n) is 4.05. The molecule has 0 aromatic carbocycles. The van der Waals surface area contributed by atoms with Gasteiger partial charge in [0.1, 0.15) is 0 Å². The van der Waals surface area contributed by atoms with E-state index in [1.807, 2.05) is 0 Å². The molecular weight excluding hydrogens is 122 g/mol. The van der Waals surface area contributed by atoms with Gasteiger partial charge in [0.25, 0.3) is 0 Å². The van der Waals surface area contributed by atoms with Gasteiger partial charge >= 0.3 is 0 Å². The van der Waals surface area contributed by atoms with Crippen molar-refractivity contribution in [3.63, 3.8) is 0 Å². The normalized spacial score (nSPS) is 35.9. The minimum atomic E-state index is 0.731. The first kappa shape index (κ1) is 7.80. The van der Waals surface area contributed by atoms with E-state index >= 15 is 0 Å². The van der Waals surface area contributed by atoms with E-state index in [4.69, 9.17) is 0 Å². The van der Waals surface area contributed by atoms with Crippen LogP contribution >= 0.6 is 0 Å². The highest BCUT2D eigenvalue weighted by Gasteiger charge is 2.10. The molecule has 0 aliphatic carbocycles. The third-order valence-corrected chi connectivity index (χ3v) is 1.97. The predicted molar refractivity (Wildman–Crippen MR) is 45.0 cm³/mol. The third-order valence-electron chi connectivity index (χ3n) is 1.97. The molecule has 0 spiro atoms. The Labute approximate surface area is 63.7 Å². The molecule has 0 fully saturated rings. The first-order chi connectivity index (χ1) is 4.68. The van der Waals surface area contributed by atoms with E-state index in [2.05, 4.69) is 37.9 Å². The van der Waals surface area contributed by atoms with Gasteiger partial charge in [-0.1, -0.05) is 26.0 Å². The molecule has 10 heavy (non-hydrogen) atoms. The molecule has 0 aromatic rings. The highest BCUT2D eigenvalue weighted by atomic mass is 15.1. The number of rotatable bonds is 0. The zero-order chi connectivity index (χ0) is 7.56. The van der Waals surface area contributed by atoms with Gasteiger partial charge in [-0.2, -0.15) is 0 Å². The van der Waals surface area contributed by atoms with E-state index in [-0.39, 0.29) is 0 Å². The molecule has 0 amide bonds. The van der Waals surface area contributed by atoms with Crippen molar-refractivity contribution in [2.24, 2.45) is 11.8 Å². The summed E-state index contributed by atoms with van der Waals surface area (Å²) in [6, 6.07) is 0. The Balaban J connectivity index is 2.51. The number of hydrogen-bond donors (Lipinski definition) is 0. The van der Waals surface area contributed by atoms with E-state index < -0.39 is 0 Å². The van der Waals surface area contributed by atoms with Crippen LogP contribution in [0.3, 0.4) is 0 Å². The first-order valence-corrected chi connectivity index (χ1v) is 4.05. The minimum absolute atomic E-state index is 0.731. The lowest BCUT2D eigenvalue weighted by atomic mass is 10.1. The highest BCUT2D eigenvalue weighted by molar-refractivity contribution is 4.94. The minimum Gasteiger partial charge on any atom is -0.305 e. The van der Waals surface area contributed by atoms with Gasteiger partial charge in [-0.3, -0.25) is 0 Å². The summed E-state index contributed by atoms with van der Waals surface area (Å²) >= 11 is 0. The van der Waals surface area contributed by atoms with Crippen LogP contribution in [0.5, 0.6) is 0 Å². The molecule has 0 bridgehead atoms. The zero-order valence-corrected chi connectivity index (χ0v) is 7.17. The lowest BCUT2D eigenvalue weighted by Gasteiger charge is -2.17. The number of hydrogen-bond acceptors (Lipinski definition) is 1. The second kappa shape index (κ2) is 3.20. The zero-order valence-electron chi connectivity index (χ0n) is 7.17. The molecule has 0 N–H and O–H groups in total. The fourth-order valence-electron chi connectivity index (χ4n) is 1.56. The Morgan fingerprint density at radius 1 is 1.10 bits per heavy atom. The van der Waals surface area contributed by atoms with Crippen LogP contribution in [0.4, 0.5) is 0 Å². The quantitative estimate of drug-likeness (QED) is 0.462. The van der Waals surface area contributed by atoms with E-state index in [0.717, 1.165) is 11.8 Å². The van der Waals surface area contributed by atoms with Gasteiger partial charge in [0.15, 0.2) is 0 Å². The van der Waals surface area contributed by atoms with Crippen molar-refractivity contribution in [1.29, 1.82) is 0 Å². The summed E-state index contributed by atoms with van der Waals surface area (Å²) in [4.78, 5) is 2.40. The SMILES string of the molecule is CC1C=CC(C)CN(C)C1. The van der Waals surface area contributed by atoms with E-state index in [0.29, 0.717) is 0 Å². The molecule has 0 saturated carbocycles. The summed E-state index contributed by atoms with van der Waals surface area (Å²) in [5.74, 6) is 1.46. The van der Waals surface area contributed by atoms with Crippen molar-refractivity contribution in [3.05, 3.63) is 12.2 Å². The van der Waals surface area contributed by atoms with Gasteiger partial charge in [-0.25, -0.2) is 0 Å². The molecule has 1 aliphatic heterocycles. The van der Waals surface area contributed by atoms with Gasteiger partial charge in [-0.05, 0) is 18.9 Å². The molecule has 2 atom stereocenters. The van der Waals surface area contributed by atoms with Crippen LogP contribution in [0, 0.1) is 11.8 Å². The van der Waals surface area contributed by atoms with Gasteiger partial charge in [0.2, 0.25) is 0 Å². The maximum atomic E-state index is 2.40. The van der Waals surface area contributed by atoms with Gasteiger partial charge in [-0.15, -0.1) is 0 Å². The van der Waals surface area contributed by atoms with Crippen LogP contribution < -0.4 is 0 Å². The lowest BCUT2D eigenvalue weighted by molar-refractivity contribution is 0.296. The van der Waals surface area contributed by atoms with Crippen molar-refractivity contribution in [2.45, 2.75) is 13.8 Å². The summed E-state index contributed by atoms with van der Waals surface area (Å²) in [5.41, 5.74) is 0. The fraction of sp³-hybridized carbons (Fsp3) is 0.778. The largest absolute Gasteiger partial charge is 0.305 e. The average molecular weight is 139 g/mol. The van der Waals surface area contributed by atoms with Crippen LogP contribution in [0.2, 0.25) is 0 Å². The number of nitrogens with zero attached hydrogens (tertiary/aromatic N) is 1. The van der Waals surface area contributed by atoms with E-state index in [1.54, 1.807) is 0 Å².